The number of imidazole rings is 1. The number of aromatic nitrogens is 2. The van der Waals surface area contributed by atoms with Crippen LogP contribution in [0.25, 0.3) is 0 Å². The number of thiophene rings is 1. The van der Waals surface area contributed by atoms with Gasteiger partial charge in [-0.1, -0.05) is 36.4 Å². The molecular formula is C16H15N3OS. The monoisotopic (exact) mass is 297 g/mol. The van der Waals surface area contributed by atoms with E-state index in [2.05, 4.69) is 10.3 Å². The van der Waals surface area contributed by atoms with E-state index in [1.54, 1.807) is 34.6 Å². The average Bonchev–Trinajstić information content (AvgIpc) is 3.19. The Labute approximate surface area is 127 Å². The van der Waals surface area contributed by atoms with Crippen molar-refractivity contribution in [3.05, 3.63) is 77.0 Å². The van der Waals surface area contributed by atoms with Crippen LogP contribution in [-0.2, 0) is 11.3 Å². The van der Waals surface area contributed by atoms with E-state index in [1.807, 2.05) is 47.8 Å². The van der Waals surface area contributed by atoms with E-state index in [9.17, 15) is 4.79 Å². The minimum Gasteiger partial charge on any atom is -0.343 e. The number of benzene rings is 1. The SMILES string of the molecule is O=C(Cn1ccnc1)N[C@@H](c1ccccc1)c1cccs1. The molecule has 0 fully saturated rings. The van der Waals surface area contributed by atoms with Crippen molar-refractivity contribution in [2.45, 2.75) is 12.6 Å². The summed E-state index contributed by atoms with van der Waals surface area (Å²) in [7, 11) is 0. The fraction of sp³-hybridized carbons (Fsp3) is 0.125. The van der Waals surface area contributed by atoms with Crippen LogP contribution in [0.15, 0.2) is 66.6 Å². The Morgan fingerprint density at radius 1 is 1.24 bits per heavy atom. The Bertz CT molecular complexity index is 678. The molecule has 106 valence electrons. The highest BCUT2D eigenvalue weighted by molar-refractivity contribution is 7.10. The van der Waals surface area contributed by atoms with Crippen molar-refractivity contribution in [2.24, 2.45) is 0 Å². The first kappa shape index (κ1) is 13.6. The van der Waals surface area contributed by atoms with Gasteiger partial charge in [-0.3, -0.25) is 4.79 Å². The summed E-state index contributed by atoms with van der Waals surface area (Å²) >= 11 is 1.64. The molecule has 0 aliphatic carbocycles. The predicted octanol–water partition coefficient (Wildman–Crippen LogP) is 2.85. The molecule has 3 aromatic rings. The van der Waals surface area contributed by atoms with Gasteiger partial charge in [0.25, 0.3) is 0 Å². The average molecular weight is 297 g/mol. The number of nitrogens with zero attached hydrogens (tertiary/aromatic N) is 2. The second-order valence-electron chi connectivity index (χ2n) is 4.66. The minimum absolute atomic E-state index is 0.0322. The van der Waals surface area contributed by atoms with Crippen LogP contribution in [0.1, 0.15) is 16.5 Å². The van der Waals surface area contributed by atoms with Crippen molar-refractivity contribution in [1.82, 2.24) is 14.9 Å². The molecule has 0 aliphatic rings. The van der Waals surface area contributed by atoms with Crippen molar-refractivity contribution < 1.29 is 4.79 Å². The molecule has 0 bridgehead atoms. The molecule has 0 radical (unpaired) electrons. The standard InChI is InChI=1S/C16H15N3OS/c20-15(11-19-9-8-17-12-19)18-16(14-7-4-10-21-14)13-5-2-1-3-6-13/h1-10,12,16H,11H2,(H,18,20)/t16-/m0/s1. The first-order valence-corrected chi connectivity index (χ1v) is 7.54. The molecule has 4 nitrogen and oxygen atoms in total. The van der Waals surface area contributed by atoms with Gasteiger partial charge in [0.1, 0.15) is 6.54 Å². The number of amides is 1. The zero-order valence-corrected chi connectivity index (χ0v) is 12.2. The number of rotatable bonds is 5. The maximum atomic E-state index is 12.2. The van der Waals surface area contributed by atoms with Crippen LogP contribution in [-0.4, -0.2) is 15.5 Å². The zero-order chi connectivity index (χ0) is 14.5. The Morgan fingerprint density at radius 2 is 2.10 bits per heavy atom. The van der Waals surface area contributed by atoms with Crippen LogP contribution in [0.4, 0.5) is 0 Å². The van der Waals surface area contributed by atoms with Crippen molar-refractivity contribution in [3.8, 4) is 0 Å². The van der Waals surface area contributed by atoms with Crippen LogP contribution in [0.2, 0.25) is 0 Å². The Balaban J connectivity index is 1.78. The van der Waals surface area contributed by atoms with Crippen molar-refractivity contribution in [2.75, 3.05) is 0 Å². The van der Waals surface area contributed by atoms with Crippen molar-refractivity contribution in [3.63, 3.8) is 0 Å². The lowest BCUT2D eigenvalue weighted by Gasteiger charge is -2.18. The first-order chi connectivity index (χ1) is 10.3. The summed E-state index contributed by atoms with van der Waals surface area (Å²) in [4.78, 5) is 17.3. The highest BCUT2D eigenvalue weighted by atomic mass is 32.1. The third-order valence-corrected chi connectivity index (χ3v) is 4.09. The Morgan fingerprint density at radius 3 is 2.76 bits per heavy atom. The van der Waals surface area contributed by atoms with Crippen LogP contribution >= 0.6 is 11.3 Å². The lowest BCUT2D eigenvalue weighted by atomic mass is 10.1. The van der Waals surface area contributed by atoms with E-state index in [-0.39, 0.29) is 18.5 Å². The molecule has 1 aromatic carbocycles. The molecular weight excluding hydrogens is 282 g/mol. The summed E-state index contributed by atoms with van der Waals surface area (Å²) in [5, 5.41) is 5.12. The highest BCUT2D eigenvalue weighted by Crippen LogP contribution is 2.25. The van der Waals surface area contributed by atoms with E-state index in [4.69, 9.17) is 0 Å². The van der Waals surface area contributed by atoms with E-state index >= 15 is 0 Å². The normalized spacial score (nSPS) is 12.0. The Kier molecular flexibility index (Phi) is 4.12. The van der Waals surface area contributed by atoms with Crippen molar-refractivity contribution in [1.29, 1.82) is 0 Å². The summed E-state index contributed by atoms with van der Waals surface area (Å²) < 4.78 is 1.76. The molecule has 0 saturated heterocycles. The largest absolute Gasteiger partial charge is 0.343 e. The summed E-state index contributed by atoms with van der Waals surface area (Å²) in [6, 6.07) is 13.9. The molecule has 2 heterocycles. The lowest BCUT2D eigenvalue weighted by Crippen LogP contribution is -2.31. The molecule has 0 unspecified atom stereocenters. The van der Waals surface area contributed by atoms with E-state index in [0.717, 1.165) is 10.4 Å². The number of hydrogen-bond donors (Lipinski definition) is 1. The van der Waals surface area contributed by atoms with Crippen LogP contribution < -0.4 is 5.32 Å². The highest BCUT2D eigenvalue weighted by Gasteiger charge is 2.17. The van der Waals surface area contributed by atoms with Gasteiger partial charge in [0.2, 0.25) is 5.91 Å². The summed E-state index contributed by atoms with van der Waals surface area (Å²) in [6.07, 6.45) is 5.09. The maximum absolute atomic E-state index is 12.2. The van der Waals surface area contributed by atoms with Crippen molar-refractivity contribution >= 4 is 17.2 Å². The van der Waals surface area contributed by atoms with E-state index < -0.39 is 0 Å². The third-order valence-electron chi connectivity index (χ3n) is 3.15. The van der Waals surface area contributed by atoms with Crippen LogP contribution in [0, 0.1) is 0 Å². The van der Waals surface area contributed by atoms with Gasteiger partial charge in [-0.25, -0.2) is 4.98 Å². The topological polar surface area (TPSA) is 46.9 Å². The second kappa shape index (κ2) is 6.37. The quantitative estimate of drug-likeness (QED) is 0.787. The molecule has 5 heteroatoms. The molecule has 1 amide bonds. The number of carbonyl (C=O) groups is 1. The minimum atomic E-state index is -0.109. The van der Waals surface area contributed by atoms with Gasteiger partial charge in [-0.05, 0) is 17.0 Å². The Hall–Kier alpha value is -2.40. The molecule has 2 aromatic heterocycles. The van der Waals surface area contributed by atoms with Crippen LogP contribution in [0.3, 0.4) is 0 Å². The van der Waals surface area contributed by atoms with Gasteiger partial charge in [0.05, 0.1) is 12.4 Å². The molecule has 1 atom stereocenters. The fourth-order valence-electron chi connectivity index (χ4n) is 2.17. The van der Waals surface area contributed by atoms with Gasteiger partial charge < -0.3 is 9.88 Å². The predicted molar refractivity (Wildman–Crippen MR) is 83.0 cm³/mol. The zero-order valence-electron chi connectivity index (χ0n) is 11.3. The fourth-order valence-corrected chi connectivity index (χ4v) is 2.97. The van der Waals surface area contributed by atoms with Gasteiger partial charge in [0, 0.05) is 17.3 Å². The molecule has 0 aliphatic heterocycles. The van der Waals surface area contributed by atoms with E-state index in [1.165, 1.54) is 0 Å². The smallest absolute Gasteiger partial charge is 0.240 e. The van der Waals surface area contributed by atoms with Gasteiger partial charge in [0.15, 0.2) is 0 Å². The summed E-state index contributed by atoms with van der Waals surface area (Å²) in [5.74, 6) is -0.0322. The molecule has 1 N–H and O–H groups in total. The maximum Gasteiger partial charge on any atom is 0.240 e. The van der Waals surface area contributed by atoms with E-state index in [0.29, 0.717) is 0 Å². The number of hydrogen-bond acceptors (Lipinski definition) is 3. The summed E-state index contributed by atoms with van der Waals surface area (Å²) in [6.45, 7) is 0.273. The van der Waals surface area contributed by atoms with Crippen LogP contribution in [0.5, 0.6) is 0 Å². The lowest BCUT2D eigenvalue weighted by molar-refractivity contribution is -0.122. The van der Waals surface area contributed by atoms with Gasteiger partial charge in [-0.15, -0.1) is 11.3 Å². The molecule has 0 saturated carbocycles. The number of nitrogens with one attached hydrogen (secondary N) is 1. The molecule has 3 rings (SSSR count). The first-order valence-electron chi connectivity index (χ1n) is 6.66. The molecule has 0 spiro atoms. The molecule has 21 heavy (non-hydrogen) atoms. The third kappa shape index (κ3) is 3.38. The van der Waals surface area contributed by atoms with Gasteiger partial charge >= 0.3 is 0 Å². The number of carbonyl (C=O) groups excluding carboxylic acids is 1. The summed E-state index contributed by atoms with van der Waals surface area (Å²) in [5.41, 5.74) is 1.08. The van der Waals surface area contributed by atoms with Gasteiger partial charge in [-0.2, -0.15) is 0 Å². The second-order valence-corrected chi connectivity index (χ2v) is 5.64.